The average Bonchev–Trinajstić information content (AvgIpc) is 2.37. The molecule has 18 heavy (non-hydrogen) atoms. The molecule has 1 aromatic carbocycles. The van der Waals surface area contributed by atoms with Crippen LogP contribution in [0.5, 0.6) is 0 Å². The molecular weight excluding hydrogens is 255 g/mol. The Bertz CT molecular complexity index is 368. The topological polar surface area (TPSA) is 65.0 Å². The summed E-state index contributed by atoms with van der Waals surface area (Å²) in [6, 6.07) is 9.71. The Kier molecular flexibility index (Phi) is 7.16. The van der Waals surface area contributed by atoms with Crippen molar-refractivity contribution < 1.29 is 23.5 Å². The quantitative estimate of drug-likeness (QED) is 0.551. The molecule has 0 amide bonds. The predicted molar refractivity (Wildman–Crippen MR) is 68.6 cm³/mol. The highest BCUT2D eigenvalue weighted by molar-refractivity contribution is 7.52. The van der Waals surface area contributed by atoms with Gasteiger partial charge in [0, 0.05) is 7.11 Å². The fourth-order valence-corrected chi connectivity index (χ4v) is 2.18. The summed E-state index contributed by atoms with van der Waals surface area (Å²) in [5.74, 6) is 0. The van der Waals surface area contributed by atoms with E-state index in [9.17, 15) is 9.46 Å². The summed E-state index contributed by atoms with van der Waals surface area (Å²) in [5, 5.41) is 0. The lowest BCUT2D eigenvalue weighted by Gasteiger charge is -2.11. The van der Waals surface area contributed by atoms with E-state index in [1.807, 2.05) is 30.3 Å². The van der Waals surface area contributed by atoms with Crippen molar-refractivity contribution in [1.82, 2.24) is 0 Å². The van der Waals surface area contributed by atoms with Crippen molar-refractivity contribution in [3.8, 4) is 0 Å². The first-order valence-electron chi connectivity index (χ1n) is 5.71. The standard InChI is InChI=1S/C12H19O5P/c1-15-9-10-18(13,14)17-8-7-16-11-12-5-3-2-4-6-12/h2-6H,7-11H2,1H3,(H,13,14). The van der Waals surface area contributed by atoms with Gasteiger partial charge in [0.2, 0.25) is 0 Å². The molecule has 102 valence electrons. The molecule has 0 aliphatic heterocycles. The van der Waals surface area contributed by atoms with Gasteiger partial charge in [-0.3, -0.25) is 4.57 Å². The maximum Gasteiger partial charge on any atom is 0.330 e. The summed E-state index contributed by atoms with van der Waals surface area (Å²) in [6.45, 7) is 1.06. The Morgan fingerprint density at radius 3 is 2.56 bits per heavy atom. The molecule has 5 nitrogen and oxygen atoms in total. The number of methoxy groups -OCH3 is 1. The first kappa shape index (κ1) is 15.3. The van der Waals surface area contributed by atoms with Crippen molar-refractivity contribution >= 4 is 7.60 Å². The summed E-state index contributed by atoms with van der Waals surface area (Å²) in [6.07, 6.45) is 0.00217. The lowest BCUT2D eigenvalue weighted by atomic mass is 10.2. The summed E-state index contributed by atoms with van der Waals surface area (Å²) < 4.78 is 26.3. The minimum absolute atomic E-state index is 0.00217. The molecule has 0 aliphatic rings. The van der Waals surface area contributed by atoms with Crippen LogP contribution in [0.1, 0.15) is 5.56 Å². The highest BCUT2D eigenvalue weighted by Crippen LogP contribution is 2.40. The molecule has 6 heteroatoms. The monoisotopic (exact) mass is 274 g/mol. The van der Waals surface area contributed by atoms with E-state index >= 15 is 0 Å². The normalized spacial score (nSPS) is 14.3. The Balaban J connectivity index is 2.10. The first-order chi connectivity index (χ1) is 8.64. The van der Waals surface area contributed by atoms with Crippen LogP contribution in [0.4, 0.5) is 0 Å². The number of hydrogen-bond donors (Lipinski definition) is 1. The molecule has 1 N–H and O–H groups in total. The van der Waals surface area contributed by atoms with Crippen molar-refractivity contribution in [2.45, 2.75) is 6.61 Å². The predicted octanol–water partition coefficient (Wildman–Crippen LogP) is 2.05. The maximum atomic E-state index is 11.4. The van der Waals surface area contributed by atoms with Gasteiger partial charge in [0.15, 0.2) is 0 Å². The summed E-state index contributed by atoms with van der Waals surface area (Å²) in [4.78, 5) is 9.36. The zero-order valence-electron chi connectivity index (χ0n) is 10.4. The third-order valence-corrected chi connectivity index (χ3v) is 3.54. The minimum atomic E-state index is -3.53. The van der Waals surface area contributed by atoms with Crippen LogP contribution < -0.4 is 0 Å². The fourth-order valence-electron chi connectivity index (χ4n) is 1.27. The average molecular weight is 274 g/mol. The third kappa shape index (κ3) is 6.89. The second kappa shape index (κ2) is 8.40. The van der Waals surface area contributed by atoms with Gasteiger partial charge in [-0.15, -0.1) is 0 Å². The lowest BCUT2D eigenvalue weighted by molar-refractivity contribution is 0.0839. The fraction of sp³-hybridized carbons (Fsp3) is 0.500. The van der Waals surface area contributed by atoms with Crippen LogP contribution in [-0.4, -0.2) is 38.0 Å². The molecule has 0 radical (unpaired) electrons. The summed E-state index contributed by atoms with van der Waals surface area (Å²) in [7, 11) is -2.05. The molecule has 1 atom stereocenters. The van der Waals surface area contributed by atoms with Crippen molar-refractivity contribution in [2.75, 3.05) is 33.1 Å². The van der Waals surface area contributed by atoms with Gasteiger partial charge in [0.1, 0.15) is 0 Å². The van der Waals surface area contributed by atoms with E-state index in [4.69, 9.17) is 14.0 Å². The molecule has 1 aromatic rings. The molecule has 0 spiro atoms. The van der Waals surface area contributed by atoms with Crippen LogP contribution in [0.2, 0.25) is 0 Å². The van der Waals surface area contributed by atoms with Gasteiger partial charge in [-0.05, 0) is 5.56 Å². The number of benzene rings is 1. The zero-order chi connectivity index (χ0) is 13.3. The van der Waals surface area contributed by atoms with Crippen LogP contribution >= 0.6 is 7.60 Å². The Morgan fingerprint density at radius 1 is 1.17 bits per heavy atom. The van der Waals surface area contributed by atoms with Crippen LogP contribution in [0.25, 0.3) is 0 Å². The molecule has 0 aromatic heterocycles. The van der Waals surface area contributed by atoms with Crippen LogP contribution in [0.3, 0.4) is 0 Å². The molecule has 1 rings (SSSR count). The molecule has 0 fully saturated rings. The third-order valence-electron chi connectivity index (χ3n) is 2.21. The van der Waals surface area contributed by atoms with Gasteiger partial charge in [0.25, 0.3) is 0 Å². The molecule has 1 unspecified atom stereocenters. The molecule has 0 saturated carbocycles. The van der Waals surface area contributed by atoms with Gasteiger partial charge >= 0.3 is 7.60 Å². The van der Waals surface area contributed by atoms with Crippen LogP contribution in [0, 0.1) is 0 Å². The largest absolute Gasteiger partial charge is 0.384 e. The van der Waals surface area contributed by atoms with Crippen LogP contribution in [-0.2, 0) is 25.2 Å². The second-order valence-corrected chi connectivity index (χ2v) is 5.71. The maximum absolute atomic E-state index is 11.4. The van der Waals surface area contributed by atoms with Crippen LogP contribution in [0.15, 0.2) is 30.3 Å². The number of rotatable bonds is 9. The van der Waals surface area contributed by atoms with Crippen molar-refractivity contribution in [2.24, 2.45) is 0 Å². The highest BCUT2D eigenvalue weighted by atomic mass is 31.2. The molecule has 0 bridgehead atoms. The summed E-state index contributed by atoms with van der Waals surface area (Å²) in [5.41, 5.74) is 1.06. The minimum Gasteiger partial charge on any atom is -0.384 e. The van der Waals surface area contributed by atoms with E-state index in [0.29, 0.717) is 6.61 Å². The van der Waals surface area contributed by atoms with E-state index in [2.05, 4.69) is 0 Å². The highest BCUT2D eigenvalue weighted by Gasteiger charge is 2.18. The Labute approximate surface area is 107 Å². The van der Waals surface area contributed by atoms with Gasteiger partial charge < -0.3 is 18.9 Å². The van der Waals surface area contributed by atoms with Gasteiger partial charge in [0.05, 0.1) is 32.6 Å². The first-order valence-corrected chi connectivity index (χ1v) is 7.47. The zero-order valence-corrected chi connectivity index (χ0v) is 11.3. The van der Waals surface area contributed by atoms with Crippen molar-refractivity contribution in [3.05, 3.63) is 35.9 Å². The smallest absolute Gasteiger partial charge is 0.330 e. The number of hydrogen-bond acceptors (Lipinski definition) is 4. The second-order valence-electron chi connectivity index (χ2n) is 3.73. The van der Waals surface area contributed by atoms with Gasteiger partial charge in [-0.25, -0.2) is 0 Å². The van der Waals surface area contributed by atoms with E-state index < -0.39 is 7.60 Å². The molecule has 0 aliphatic carbocycles. The van der Waals surface area contributed by atoms with E-state index in [1.165, 1.54) is 7.11 Å². The van der Waals surface area contributed by atoms with Gasteiger partial charge in [-0.2, -0.15) is 0 Å². The van der Waals surface area contributed by atoms with E-state index in [-0.39, 0.29) is 26.0 Å². The number of ether oxygens (including phenoxy) is 2. The van der Waals surface area contributed by atoms with E-state index in [0.717, 1.165) is 5.56 Å². The lowest BCUT2D eigenvalue weighted by Crippen LogP contribution is -2.06. The summed E-state index contributed by atoms with van der Waals surface area (Å²) >= 11 is 0. The van der Waals surface area contributed by atoms with E-state index in [1.54, 1.807) is 0 Å². The molecular formula is C12H19O5P. The van der Waals surface area contributed by atoms with Gasteiger partial charge in [-0.1, -0.05) is 30.3 Å². The molecule has 0 heterocycles. The van der Waals surface area contributed by atoms with Crippen molar-refractivity contribution in [3.63, 3.8) is 0 Å². The SMILES string of the molecule is COCCP(=O)(O)OCCOCc1ccccc1. The van der Waals surface area contributed by atoms with Crippen molar-refractivity contribution in [1.29, 1.82) is 0 Å². The molecule has 0 saturated heterocycles. The Morgan fingerprint density at radius 2 is 1.89 bits per heavy atom. The Hall–Kier alpha value is -0.710.